The Kier molecular flexibility index (Phi) is 7.27. The van der Waals surface area contributed by atoms with Gasteiger partial charge in [0.2, 0.25) is 5.88 Å². The first-order valence-electron chi connectivity index (χ1n) is 9.87. The molecule has 0 amide bonds. The molecule has 1 heterocycles. The van der Waals surface area contributed by atoms with Gasteiger partial charge in [-0.2, -0.15) is 0 Å². The standard InChI is InChI=1S/C24H26N2O4/c1-4-29-24(27)17(2)30-21-13-11-20(12-14-21)25-16-19-10-15-22(26-23(19)28-3)18-8-6-5-7-9-18/h5-15,17,25H,4,16H2,1-3H3. The molecule has 0 saturated heterocycles. The van der Waals surface area contributed by atoms with E-state index in [1.165, 1.54) is 0 Å². The molecule has 1 aromatic heterocycles. The Labute approximate surface area is 176 Å². The molecule has 0 aliphatic rings. The molecule has 156 valence electrons. The number of rotatable bonds is 9. The fraction of sp³-hybridized carbons (Fsp3) is 0.250. The Morgan fingerprint density at radius 1 is 1.03 bits per heavy atom. The quantitative estimate of drug-likeness (QED) is 0.520. The SMILES string of the molecule is CCOC(=O)C(C)Oc1ccc(NCc2ccc(-c3ccccc3)nc2OC)cc1. The summed E-state index contributed by atoms with van der Waals surface area (Å²) in [6, 6.07) is 21.4. The Morgan fingerprint density at radius 2 is 1.77 bits per heavy atom. The first kappa shape index (κ1) is 21.2. The van der Waals surface area contributed by atoms with Crippen molar-refractivity contribution in [2.75, 3.05) is 19.0 Å². The Morgan fingerprint density at radius 3 is 2.43 bits per heavy atom. The first-order valence-corrected chi connectivity index (χ1v) is 9.87. The molecule has 6 heteroatoms. The van der Waals surface area contributed by atoms with Gasteiger partial charge in [-0.3, -0.25) is 0 Å². The van der Waals surface area contributed by atoms with Crippen molar-refractivity contribution < 1.29 is 19.0 Å². The molecule has 30 heavy (non-hydrogen) atoms. The maximum Gasteiger partial charge on any atom is 0.347 e. The molecule has 1 N–H and O–H groups in total. The summed E-state index contributed by atoms with van der Waals surface area (Å²) in [7, 11) is 1.62. The van der Waals surface area contributed by atoms with Gasteiger partial charge in [0, 0.05) is 23.4 Å². The third kappa shape index (κ3) is 5.50. The number of esters is 1. The molecule has 6 nitrogen and oxygen atoms in total. The van der Waals surface area contributed by atoms with Crippen molar-refractivity contribution in [3.63, 3.8) is 0 Å². The summed E-state index contributed by atoms with van der Waals surface area (Å²) >= 11 is 0. The van der Waals surface area contributed by atoms with Crippen LogP contribution < -0.4 is 14.8 Å². The maximum absolute atomic E-state index is 11.7. The second kappa shape index (κ2) is 10.3. The molecule has 0 bridgehead atoms. The van der Waals surface area contributed by atoms with Crippen LogP contribution in [-0.4, -0.2) is 30.8 Å². The van der Waals surface area contributed by atoms with Crippen molar-refractivity contribution >= 4 is 11.7 Å². The summed E-state index contributed by atoms with van der Waals surface area (Å²) in [4.78, 5) is 16.3. The van der Waals surface area contributed by atoms with Gasteiger partial charge in [0.25, 0.3) is 0 Å². The van der Waals surface area contributed by atoms with E-state index >= 15 is 0 Å². The molecule has 0 aliphatic heterocycles. The summed E-state index contributed by atoms with van der Waals surface area (Å²) in [5.74, 6) is 0.817. The number of pyridine rings is 1. The van der Waals surface area contributed by atoms with E-state index in [4.69, 9.17) is 14.2 Å². The number of hydrogen-bond acceptors (Lipinski definition) is 6. The number of methoxy groups -OCH3 is 1. The summed E-state index contributed by atoms with van der Waals surface area (Å²) in [6.45, 7) is 4.33. The van der Waals surface area contributed by atoms with Crippen LogP contribution in [-0.2, 0) is 16.1 Å². The zero-order valence-electron chi connectivity index (χ0n) is 17.4. The van der Waals surface area contributed by atoms with E-state index in [1.54, 1.807) is 21.0 Å². The number of carbonyl (C=O) groups excluding carboxylic acids is 1. The molecule has 0 saturated carbocycles. The van der Waals surface area contributed by atoms with Gasteiger partial charge in [-0.15, -0.1) is 0 Å². The zero-order valence-corrected chi connectivity index (χ0v) is 17.4. The monoisotopic (exact) mass is 406 g/mol. The number of anilines is 1. The molecular formula is C24H26N2O4. The minimum absolute atomic E-state index is 0.333. The molecule has 0 radical (unpaired) electrons. The summed E-state index contributed by atoms with van der Waals surface area (Å²) in [5.41, 5.74) is 3.78. The van der Waals surface area contributed by atoms with E-state index in [1.807, 2.05) is 66.7 Å². The molecule has 1 unspecified atom stereocenters. The highest BCUT2D eigenvalue weighted by molar-refractivity contribution is 5.74. The van der Waals surface area contributed by atoms with Gasteiger partial charge in [0.05, 0.1) is 19.4 Å². The topological polar surface area (TPSA) is 69.7 Å². The third-order valence-corrected chi connectivity index (χ3v) is 4.47. The fourth-order valence-electron chi connectivity index (χ4n) is 2.91. The van der Waals surface area contributed by atoms with Crippen LogP contribution in [0.25, 0.3) is 11.3 Å². The van der Waals surface area contributed by atoms with Crippen LogP contribution in [0, 0.1) is 0 Å². The van der Waals surface area contributed by atoms with Gasteiger partial charge >= 0.3 is 5.97 Å². The number of carbonyl (C=O) groups is 1. The third-order valence-electron chi connectivity index (χ3n) is 4.47. The van der Waals surface area contributed by atoms with E-state index < -0.39 is 6.10 Å². The number of ether oxygens (including phenoxy) is 3. The van der Waals surface area contributed by atoms with Gasteiger partial charge in [0.1, 0.15) is 5.75 Å². The zero-order chi connectivity index (χ0) is 21.3. The van der Waals surface area contributed by atoms with Crippen LogP contribution in [0.2, 0.25) is 0 Å². The molecule has 0 fully saturated rings. The number of nitrogens with one attached hydrogen (secondary N) is 1. The molecular weight excluding hydrogens is 380 g/mol. The average molecular weight is 406 g/mol. The highest BCUT2D eigenvalue weighted by Crippen LogP contribution is 2.24. The van der Waals surface area contributed by atoms with Gasteiger partial charge in [0.15, 0.2) is 6.10 Å². The number of nitrogens with zero attached hydrogens (tertiary/aromatic N) is 1. The van der Waals surface area contributed by atoms with E-state index in [0.29, 0.717) is 24.8 Å². The lowest BCUT2D eigenvalue weighted by Gasteiger charge is -2.14. The Hall–Kier alpha value is -3.54. The van der Waals surface area contributed by atoms with Crippen LogP contribution in [0.3, 0.4) is 0 Å². The largest absolute Gasteiger partial charge is 0.481 e. The van der Waals surface area contributed by atoms with Gasteiger partial charge < -0.3 is 19.5 Å². The summed E-state index contributed by atoms with van der Waals surface area (Å²) < 4.78 is 16.0. The Balaban J connectivity index is 1.62. The summed E-state index contributed by atoms with van der Waals surface area (Å²) in [5, 5.41) is 3.35. The lowest BCUT2D eigenvalue weighted by atomic mass is 10.1. The number of hydrogen-bond donors (Lipinski definition) is 1. The van der Waals surface area contributed by atoms with Crippen LogP contribution in [0.4, 0.5) is 5.69 Å². The van der Waals surface area contributed by atoms with E-state index in [9.17, 15) is 4.79 Å². The highest BCUT2D eigenvalue weighted by atomic mass is 16.6. The van der Waals surface area contributed by atoms with Crippen molar-refractivity contribution in [1.29, 1.82) is 0 Å². The second-order valence-electron chi connectivity index (χ2n) is 6.62. The van der Waals surface area contributed by atoms with Crippen molar-refractivity contribution in [2.45, 2.75) is 26.5 Å². The predicted molar refractivity (Wildman–Crippen MR) is 117 cm³/mol. The minimum atomic E-state index is -0.651. The molecule has 0 aliphatic carbocycles. The van der Waals surface area contributed by atoms with Crippen molar-refractivity contribution in [3.8, 4) is 22.9 Å². The Bertz CT molecular complexity index is 959. The van der Waals surface area contributed by atoms with E-state index in [2.05, 4.69) is 10.3 Å². The second-order valence-corrected chi connectivity index (χ2v) is 6.62. The smallest absolute Gasteiger partial charge is 0.347 e. The molecule has 3 aromatic rings. The summed E-state index contributed by atoms with van der Waals surface area (Å²) in [6.07, 6.45) is -0.651. The van der Waals surface area contributed by atoms with Crippen LogP contribution in [0.15, 0.2) is 66.7 Å². The molecule has 3 rings (SSSR count). The lowest BCUT2D eigenvalue weighted by Crippen LogP contribution is -2.26. The predicted octanol–water partition coefficient (Wildman–Crippen LogP) is 4.70. The fourth-order valence-corrected chi connectivity index (χ4v) is 2.91. The highest BCUT2D eigenvalue weighted by Gasteiger charge is 2.15. The van der Waals surface area contributed by atoms with Crippen molar-refractivity contribution in [1.82, 2.24) is 4.98 Å². The van der Waals surface area contributed by atoms with E-state index in [-0.39, 0.29) is 5.97 Å². The van der Waals surface area contributed by atoms with E-state index in [0.717, 1.165) is 22.5 Å². The maximum atomic E-state index is 11.7. The average Bonchev–Trinajstić information content (AvgIpc) is 2.79. The van der Waals surface area contributed by atoms with Crippen molar-refractivity contribution in [3.05, 3.63) is 72.3 Å². The lowest BCUT2D eigenvalue weighted by molar-refractivity contribution is -0.150. The van der Waals surface area contributed by atoms with Crippen LogP contribution in [0.5, 0.6) is 11.6 Å². The van der Waals surface area contributed by atoms with Gasteiger partial charge in [-0.05, 0) is 50.2 Å². The molecule has 0 spiro atoms. The normalized spacial score (nSPS) is 11.4. The minimum Gasteiger partial charge on any atom is -0.481 e. The first-order chi connectivity index (χ1) is 14.6. The number of benzene rings is 2. The van der Waals surface area contributed by atoms with Gasteiger partial charge in [-0.1, -0.05) is 30.3 Å². The number of aromatic nitrogens is 1. The van der Waals surface area contributed by atoms with Crippen LogP contribution >= 0.6 is 0 Å². The van der Waals surface area contributed by atoms with Gasteiger partial charge in [-0.25, -0.2) is 9.78 Å². The van der Waals surface area contributed by atoms with Crippen LogP contribution in [0.1, 0.15) is 19.4 Å². The van der Waals surface area contributed by atoms with Crippen molar-refractivity contribution in [2.24, 2.45) is 0 Å². The molecule has 2 aromatic carbocycles. The molecule has 1 atom stereocenters.